The van der Waals surface area contributed by atoms with Crippen molar-refractivity contribution in [3.8, 4) is 0 Å². The molecule has 1 aliphatic carbocycles. The molecule has 0 amide bonds. The summed E-state index contributed by atoms with van der Waals surface area (Å²) in [6.07, 6.45) is 4.68. The van der Waals surface area contributed by atoms with Crippen molar-refractivity contribution in [2.45, 2.75) is 106 Å². The minimum atomic E-state index is -1.11. The molecular formula is C21H36FIO5. The molecule has 0 aromatic carbocycles. The highest BCUT2D eigenvalue weighted by Gasteiger charge is 2.56. The zero-order valence-corrected chi connectivity index (χ0v) is 19.2. The second kappa shape index (κ2) is 12.0. The maximum absolute atomic E-state index is 15.2. The van der Waals surface area contributed by atoms with Crippen LogP contribution in [0.25, 0.3) is 0 Å². The van der Waals surface area contributed by atoms with E-state index in [1.54, 1.807) is 0 Å². The second-order valence-corrected chi connectivity index (χ2v) is 9.94. The number of esters is 1. The van der Waals surface area contributed by atoms with Crippen molar-refractivity contribution in [2.75, 3.05) is 7.11 Å². The Labute approximate surface area is 181 Å². The van der Waals surface area contributed by atoms with Gasteiger partial charge in [0.1, 0.15) is 12.3 Å². The van der Waals surface area contributed by atoms with Crippen molar-refractivity contribution in [3.63, 3.8) is 0 Å². The van der Waals surface area contributed by atoms with Gasteiger partial charge < -0.3 is 19.7 Å². The van der Waals surface area contributed by atoms with Gasteiger partial charge in [-0.15, -0.1) is 0 Å². The normalized spacial score (nSPS) is 34.2. The van der Waals surface area contributed by atoms with E-state index in [0.29, 0.717) is 38.5 Å². The van der Waals surface area contributed by atoms with Gasteiger partial charge in [-0.1, -0.05) is 48.8 Å². The topological polar surface area (TPSA) is 76.0 Å². The first-order valence-corrected chi connectivity index (χ1v) is 12.0. The summed E-state index contributed by atoms with van der Waals surface area (Å²) in [4.78, 5) is 11.2. The number of hydrogen-bond donors (Lipinski definition) is 2. The molecule has 1 saturated carbocycles. The van der Waals surface area contributed by atoms with Crippen molar-refractivity contribution >= 4 is 28.6 Å². The molecule has 0 spiro atoms. The van der Waals surface area contributed by atoms with Crippen LogP contribution in [0.1, 0.15) is 71.1 Å². The van der Waals surface area contributed by atoms with Crippen molar-refractivity contribution in [1.29, 1.82) is 0 Å². The number of halogens is 2. The fourth-order valence-corrected chi connectivity index (χ4v) is 5.73. The van der Waals surface area contributed by atoms with E-state index < -0.39 is 18.4 Å². The van der Waals surface area contributed by atoms with Gasteiger partial charge in [-0.3, -0.25) is 4.79 Å². The van der Waals surface area contributed by atoms with E-state index in [4.69, 9.17) is 4.74 Å². The van der Waals surface area contributed by atoms with Crippen molar-refractivity contribution in [1.82, 2.24) is 0 Å². The molecule has 2 aliphatic rings. The van der Waals surface area contributed by atoms with Crippen LogP contribution in [0.5, 0.6) is 0 Å². The van der Waals surface area contributed by atoms with Gasteiger partial charge in [0.15, 0.2) is 0 Å². The highest BCUT2D eigenvalue weighted by molar-refractivity contribution is 14.1. The molecule has 0 bridgehead atoms. The van der Waals surface area contributed by atoms with Gasteiger partial charge in [0, 0.05) is 22.7 Å². The maximum atomic E-state index is 15.2. The number of alkyl halides is 2. The summed E-state index contributed by atoms with van der Waals surface area (Å²) in [5.74, 6) is -0.685. The Kier molecular flexibility index (Phi) is 10.4. The van der Waals surface area contributed by atoms with Crippen LogP contribution in [0.3, 0.4) is 0 Å². The molecule has 5 nitrogen and oxygen atoms in total. The Balaban J connectivity index is 1.83. The lowest BCUT2D eigenvalue weighted by Gasteiger charge is -2.26. The van der Waals surface area contributed by atoms with Crippen LogP contribution in [-0.4, -0.2) is 57.8 Å². The van der Waals surface area contributed by atoms with E-state index in [9.17, 15) is 15.0 Å². The van der Waals surface area contributed by atoms with Gasteiger partial charge in [-0.2, -0.15) is 0 Å². The molecule has 28 heavy (non-hydrogen) atoms. The molecule has 0 radical (unpaired) electrons. The molecule has 0 aromatic heterocycles. The molecule has 5 unspecified atom stereocenters. The number of aliphatic hydroxyl groups is 2. The van der Waals surface area contributed by atoms with Gasteiger partial charge in [0.25, 0.3) is 0 Å². The lowest BCUT2D eigenvalue weighted by Crippen LogP contribution is -2.35. The Morgan fingerprint density at radius 2 is 2.04 bits per heavy atom. The zero-order valence-electron chi connectivity index (χ0n) is 17.1. The predicted molar refractivity (Wildman–Crippen MR) is 114 cm³/mol. The average Bonchev–Trinajstić information content (AvgIpc) is 3.15. The quantitative estimate of drug-likeness (QED) is 0.179. The van der Waals surface area contributed by atoms with E-state index in [1.165, 1.54) is 7.11 Å². The Bertz CT molecular complexity index is 480. The molecular weight excluding hydrogens is 478 g/mol. The van der Waals surface area contributed by atoms with Crippen LogP contribution in [0.4, 0.5) is 4.39 Å². The fraction of sp³-hybridized carbons (Fsp3) is 0.952. The smallest absolute Gasteiger partial charge is 0.305 e. The Morgan fingerprint density at radius 1 is 1.29 bits per heavy atom. The summed E-state index contributed by atoms with van der Waals surface area (Å²) in [6.45, 7) is 2.13. The third-order valence-electron chi connectivity index (χ3n) is 6.32. The summed E-state index contributed by atoms with van der Waals surface area (Å²) < 4.78 is 25.9. The molecule has 8 atom stereocenters. The van der Waals surface area contributed by atoms with Gasteiger partial charge in [-0.05, 0) is 38.0 Å². The minimum absolute atomic E-state index is 0.0136. The number of ether oxygens (including phenoxy) is 2. The van der Waals surface area contributed by atoms with Gasteiger partial charge in [0.2, 0.25) is 0 Å². The van der Waals surface area contributed by atoms with E-state index in [-0.39, 0.29) is 33.9 Å². The molecule has 2 rings (SSSR count). The number of hydrogen-bond acceptors (Lipinski definition) is 5. The molecule has 2 fully saturated rings. The highest BCUT2D eigenvalue weighted by atomic mass is 127. The number of carbonyl (C=O) groups excluding carboxylic acids is 1. The Morgan fingerprint density at radius 3 is 2.71 bits per heavy atom. The summed E-state index contributed by atoms with van der Waals surface area (Å²) >= 11 is 2.22. The number of aliphatic hydroxyl groups excluding tert-OH is 2. The standard InChI is InChI=1S/C21H36FIO5/c1-3-4-5-7-13(24)10-11-14-16(25)12-17-19(14)20(22)21(28-17)15(23)8-6-9-18(26)27-2/h13-17,19-21,24-25H,3-12H2,1-2H3/t13?,14-,15?,16?,17?,19+,20-,21?/m0/s1. The highest BCUT2D eigenvalue weighted by Crippen LogP contribution is 2.48. The fourth-order valence-electron chi connectivity index (χ4n) is 4.72. The van der Waals surface area contributed by atoms with E-state index in [2.05, 4.69) is 34.3 Å². The van der Waals surface area contributed by atoms with Gasteiger partial charge in [0.05, 0.1) is 25.4 Å². The van der Waals surface area contributed by atoms with Crippen LogP contribution in [-0.2, 0) is 14.3 Å². The summed E-state index contributed by atoms with van der Waals surface area (Å²) in [5.41, 5.74) is 0. The van der Waals surface area contributed by atoms with Crippen LogP contribution in [0.2, 0.25) is 0 Å². The van der Waals surface area contributed by atoms with Gasteiger partial charge in [-0.25, -0.2) is 4.39 Å². The third-order valence-corrected chi connectivity index (χ3v) is 7.66. The third kappa shape index (κ3) is 6.51. The largest absolute Gasteiger partial charge is 0.469 e. The molecule has 164 valence electrons. The summed E-state index contributed by atoms with van der Waals surface area (Å²) in [7, 11) is 1.37. The number of carbonyl (C=O) groups is 1. The van der Waals surface area contributed by atoms with E-state index in [0.717, 1.165) is 25.7 Å². The van der Waals surface area contributed by atoms with Crippen LogP contribution < -0.4 is 0 Å². The van der Waals surface area contributed by atoms with Crippen molar-refractivity contribution in [2.24, 2.45) is 11.8 Å². The maximum Gasteiger partial charge on any atom is 0.305 e. The first kappa shape index (κ1) is 24.3. The van der Waals surface area contributed by atoms with E-state index >= 15 is 4.39 Å². The van der Waals surface area contributed by atoms with Crippen LogP contribution >= 0.6 is 22.6 Å². The predicted octanol–water partition coefficient (Wildman–Crippen LogP) is 3.96. The Hall–Kier alpha value is 0.01000. The lowest BCUT2D eigenvalue weighted by molar-refractivity contribution is -0.140. The minimum Gasteiger partial charge on any atom is -0.469 e. The SMILES string of the molecule is CCCCCC(O)CC[C@H]1C(O)CC2OC(C(I)CCCC(=O)OC)[C@@H](F)[C@@H]21. The summed E-state index contributed by atoms with van der Waals surface area (Å²) in [6, 6.07) is 0. The lowest BCUT2D eigenvalue weighted by atomic mass is 9.84. The number of methoxy groups -OCH3 is 1. The molecule has 2 N–H and O–H groups in total. The van der Waals surface area contributed by atoms with Crippen LogP contribution in [0, 0.1) is 11.8 Å². The van der Waals surface area contributed by atoms with E-state index in [1.807, 2.05) is 0 Å². The molecule has 1 aliphatic heterocycles. The average molecular weight is 514 g/mol. The molecule has 0 aromatic rings. The van der Waals surface area contributed by atoms with Crippen molar-refractivity contribution in [3.05, 3.63) is 0 Å². The van der Waals surface area contributed by atoms with Crippen LogP contribution in [0.15, 0.2) is 0 Å². The number of unbranched alkanes of at least 4 members (excludes halogenated alkanes) is 2. The number of rotatable bonds is 12. The van der Waals surface area contributed by atoms with Gasteiger partial charge >= 0.3 is 5.97 Å². The molecule has 7 heteroatoms. The van der Waals surface area contributed by atoms with Crippen molar-refractivity contribution < 1.29 is 28.9 Å². The summed E-state index contributed by atoms with van der Waals surface area (Å²) in [5, 5.41) is 20.6. The zero-order chi connectivity index (χ0) is 20.7. The second-order valence-electron chi connectivity index (χ2n) is 8.34. The first-order chi connectivity index (χ1) is 13.4. The molecule has 1 saturated heterocycles. The monoisotopic (exact) mass is 514 g/mol. The molecule has 1 heterocycles. The number of fused-ring (bicyclic) bond motifs is 1. The first-order valence-electron chi connectivity index (χ1n) is 10.8.